The number of pyridine rings is 1. The first-order valence-electron chi connectivity index (χ1n) is 11.6. The number of ether oxygens (including phenoxy) is 1. The van der Waals surface area contributed by atoms with Crippen LogP contribution >= 0.6 is 0 Å². The zero-order valence-electron chi connectivity index (χ0n) is 19.4. The molecule has 5 rings (SSSR count). The van der Waals surface area contributed by atoms with Crippen molar-refractivity contribution in [1.82, 2.24) is 25.2 Å². The molecule has 2 aliphatic rings. The summed E-state index contributed by atoms with van der Waals surface area (Å²) in [4.78, 5) is 35.3. The first kappa shape index (κ1) is 24.7. The van der Waals surface area contributed by atoms with Gasteiger partial charge in [-0.2, -0.15) is 4.39 Å². The molecule has 1 aromatic carbocycles. The average molecular weight is 487 g/mol. The van der Waals surface area contributed by atoms with Gasteiger partial charge in [-0.1, -0.05) is 6.92 Å². The number of primary amides is 1. The number of nitrogens with two attached hydrogens (primary N) is 1. The quantitative estimate of drug-likeness (QED) is 0.454. The molecule has 4 N–H and O–H groups in total. The highest BCUT2D eigenvalue weighted by atomic mass is 19.1. The maximum atomic E-state index is 14.5. The van der Waals surface area contributed by atoms with Gasteiger partial charge in [-0.25, -0.2) is 14.4 Å². The molecule has 35 heavy (non-hydrogen) atoms. The highest BCUT2D eigenvalue weighted by Gasteiger charge is 2.30. The van der Waals surface area contributed by atoms with Crippen LogP contribution in [0.2, 0.25) is 0 Å². The van der Waals surface area contributed by atoms with Gasteiger partial charge in [0.1, 0.15) is 23.3 Å². The minimum Gasteiger partial charge on any atom is -0.483 e. The van der Waals surface area contributed by atoms with E-state index >= 15 is 0 Å². The number of benzene rings is 1. The Hall–Kier alpha value is -3.44. The van der Waals surface area contributed by atoms with Crippen molar-refractivity contribution in [2.45, 2.75) is 38.8 Å². The topological polar surface area (TPSA) is 126 Å². The molecule has 186 valence electrons. The summed E-state index contributed by atoms with van der Waals surface area (Å²) in [5.74, 6) is -2.22. The van der Waals surface area contributed by atoms with Crippen molar-refractivity contribution >= 4 is 16.9 Å². The normalized spacial score (nSPS) is 16.0. The number of hydrogen-bond acceptors (Lipinski definition) is 7. The van der Waals surface area contributed by atoms with E-state index in [1.165, 1.54) is 44.1 Å². The number of H-pyrrole nitrogens is 1. The molecule has 4 heterocycles. The Morgan fingerprint density at radius 2 is 1.94 bits per heavy atom. The number of aromatic nitrogens is 3. The molecule has 0 radical (unpaired) electrons. The van der Waals surface area contributed by atoms with Crippen LogP contribution in [0.3, 0.4) is 0 Å². The molecular formula is C24H28F2N6O3. The maximum absolute atomic E-state index is 14.5. The number of fused-ring (bicyclic) bond motifs is 1. The Bertz CT molecular complexity index is 1260. The number of nitrogens with zero attached hydrogens (tertiary/aromatic N) is 3. The molecule has 2 aromatic heterocycles. The lowest BCUT2D eigenvalue weighted by Gasteiger charge is -2.39. The van der Waals surface area contributed by atoms with Crippen LogP contribution in [-0.2, 0) is 13.0 Å². The molecule has 0 saturated carbocycles. The molecule has 0 aliphatic carbocycles. The van der Waals surface area contributed by atoms with Crippen molar-refractivity contribution in [2.75, 3.05) is 26.2 Å². The highest BCUT2D eigenvalue weighted by molar-refractivity contribution is 5.90. The van der Waals surface area contributed by atoms with Gasteiger partial charge in [0.2, 0.25) is 0 Å². The summed E-state index contributed by atoms with van der Waals surface area (Å²) in [7, 11) is 0. The van der Waals surface area contributed by atoms with Crippen molar-refractivity contribution in [1.29, 1.82) is 0 Å². The molecule has 0 unspecified atom stereocenters. The molecular weight excluding hydrogens is 458 g/mol. The fourth-order valence-electron chi connectivity index (χ4n) is 3.97. The lowest BCUT2D eigenvalue weighted by Crippen LogP contribution is -2.53. The molecule has 2 aliphatic heterocycles. The number of hydrogen-bond donors (Lipinski definition) is 3. The van der Waals surface area contributed by atoms with E-state index in [4.69, 9.17) is 10.5 Å². The monoisotopic (exact) mass is 486 g/mol. The predicted molar refractivity (Wildman–Crippen MR) is 126 cm³/mol. The Morgan fingerprint density at radius 3 is 2.54 bits per heavy atom. The lowest BCUT2D eigenvalue weighted by atomic mass is 10.1. The third-order valence-electron chi connectivity index (χ3n) is 5.90. The molecule has 1 amide bonds. The fourth-order valence-corrected chi connectivity index (χ4v) is 3.97. The minimum atomic E-state index is -0.909. The van der Waals surface area contributed by atoms with Crippen molar-refractivity contribution in [3.8, 4) is 5.75 Å². The van der Waals surface area contributed by atoms with Gasteiger partial charge >= 0.3 is 0 Å². The van der Waals surface area contributed by atoms with E-state index in [1.54, 1.807) is 6.07 Å². The number of aryl methyl sites for hydroxylation is 1. The lowest BCUT2D eigenvalue weighted by molar-refractivity contribution is 0.0112. The van der Waals surface area contributed by atoms with Gasteiger partial charge in [0, 0.05) is 31.3 Å². The predicted octanol–water partition coefficient (Wildman–Crippen LogP) is 1.89. The van der Waals surface area contributed by atoms with Gasteiger partial charge in [-0.15, -0.1) is 0 Å². The van der Waals surface area contributed by atoms with Crippen molar-refractivity contribution < 1.29 is 18.3 Å². The van der Waals surface area contributed by atoms with Crippen LogP contribution in [0.15, 0.2) is 29.1 Å². The molecule has 2 fully saturated rings. The van der Waals surface area contributed by atoms with Crippen LogP contribution in [0.1, 0.15) is 41.5 Å². The van der Waals surface area contributed by atoms with E-state index in [9.17, 15) is 18.4 Å². The van der Waals surface area contributed by atoms with E-state index in [2.05, 4.69) is 20.3 Å². The van der Waals surface area contributed by atoms with Crippen LogP contribution in [0.5, 0.6) is 5.75 Å². The van der Waals surface area contributed by atoms with Crippen LogP contribution in [0, 0.1) is 11.8 Å². The van der Waals surface area contributed by atoms with Crippen molar-refractivity contribution in [3.63, 3.8) is 0 Å². The van der Waals surface area contributed by atoms with E-state index in [1.807, 2.05) is 11.8 Å². The molecule has 0 bridgehead atoms. The van der Waals surface area contributed by atoms with Crippen LogP contribution in [-0.4, -0.2) is 58.0 Å². The maximum Gasteiger partial charge on any atom is 0.270 e. The van der Waals surface area contributed by atoms with Gasteiger partial charge in [-0.05, 0) is 50.6 Å². The second kappa shape index (κ2) is 10.9. The zero-order valence-corrected chi connectivity index (χ0v) is 19.4. The Morgan fingerprint density at radius 1 is 1.20 bits per heavy atom. The fraction of sp³-hybridized carbons (Fsp3) is 0.417. The molecule has 3 aromatic rings. The van der Waals surface area contributed by atoms with Crippen molar-refractivity contribution in [2.24, 2.45) is 5.73 Å². The van der Waals surface area contributed by atoms with Crippen LogP contribution < -0.4 is 21.3 Å². The van der Waals surface area contributed by atoms with Gasteiger partial charge in [0.15, 0.2) is 5.75 Å². The second-order valence-electron chi connectivity index (χ2n) is 8.57. The highest BCUT2D eigenvalue weighted by Crippen LogP contribution is 2.24. The smallest absolute Gasteiger partial charge is 0.270 e. The number of halogens is 2. The number of rotatable bonds is 6. The number of nitrogens with one attached hydrogen (secondary N) is 2. The number of aromatic amines is 1. The van der Waals surface area contributed by atoms with Gasteiger partial charge in [0.25, 0.3) is 17.4 Å². The standard InChI is InChI=1S/C20H19F2N5O3.C4H9N/c1-2-13-20(29)26-15-5-10(12(21)6-16(15)24-13)7-27-8-11(9-27)30-17-4-3-14(19(23)28)25-18(17)22;1-2-4-5-3-1/h3-6,11H,2,7-9H2,1H3,(H2,23,28)(H,26,29);5H,1-4H2. The number of amides is 1. The van der Waals surface area contributed by atoms with Gasteiger partial charge < -0.3 is 20.8 Å². The molecule has 0 spiro atoms. The SMILES string of the molecule is C1CCNC1.CCc1nc2cc(F)c(CN3CC(Oc4ccc(C(N)=O)nc4F)C3)cc2[nH]c1=O. The molecule has 9 nitrogen and oxygen atoms in total. The van der Waals surface area contributed by atoms with Gasteiger partial charge in [-0.3, -0.25) is 14.5 Å². The summed E-state index contributed by atoms with van der Waals surface area (Å²) >= 11 is 0. The summed E-state index contributed by atoms with van der Waals surface area (Å²) in [5, 5.41) is 3.22. The van der Waals surface area contributed by atoms with Gasteiger partial charge in [0.05, 0.1) is 11.0 Å². The first-order valence-corrected chi connectivity index (χ1v) is 11.6. The average Bonchev–Trinajstić information content (AvgIpc) is 3.39. The molecule has 2 saturated heterocycles. The van der Waals surface area contributed by atoms with E-state index in [0.29, 0.717) is 48.3 Å². The third kappa shape index (κ3) is 5.98. The Kier molecular flexibility index (Phi) is 7.67. The molecule has 11 heteroatoms. The summed E-state index contributed by atoms with van der Waals surface area (Å²) in [6.45, 7) is 5.53. The molecule has 0 atom stereocenters. The van der Waals surface area contributed by atoms with Crippen molar-refractivity contribution in [3.05, 3.63) is 63.3 Å². The first-order chi connectivity index (χ1) is 16.8. The summed E-state index contributed by atoms with van der Waals surface area (Å²) < 4.78 is 34.0. The third-order valence-corrected chi connectivity index (χ3v) is 5.90. The summed E-state index contributed by atoms with van der Waals surface area (Å²) in [6, 6.07) is 5.50. The minimum absolute atomic E-state index is 0.0723. The summed E-state index contributed by atoms with van der Waals surface area (Å²) in [6.07, 6.45) is 2.95. The Labute approximate surface area is 200 Å². The second-order valence-corrected chi connectivity index (χ2v) is 8.57. The van der Waals surface area contributed by atoms with E-state index in [-0.39, 0.29) is 23.1 Å². The van der Waals surface area contributed by atoms with E-state index < -0.39 is 17.7 Å². The zero-order chi connectivity index (χ0) is 24.9. The Balaban J connectivity index is 0.000000514. The van der Waals surface area contributed by atoms with Crippen LogP contribution in [0.4, 0.5) is 8.78 Å². The number of carbonyl (C=O) groups is 1. The largest absolute Gasteiger partial charge is 0.483 e. The van der Waals surface area contributed by atoms with Crippen LogP contribution in [0.25, 0.3) is 11.0 Å². The van der Waals surface area contributed by atoms with E-state index in [0.717, 1.165) is 0 Å². The summed E-state index contributed by atoms with van der Waals surface area (Å²) in [5.41, 5.74) is 6.26. The number of likely N-dealkylation sites (tertiary alicyclic amines) is 1. The number of carbonyl (C=O) groups excluding carboxylic acids is 1.